The van der Waals surface area contributed by atoms with Gasteiger partial charge in [-0.1, -0.05) is 41.4 Å². The smallest absolute Gasteiger partial charge is 0.249 e. The van der Waals surface area contributed by atoms with Crippen molar-refractivity contribution in [3.63, 3.8) is 0 Å². The SMILES string of the molecule is CC(C)CC1NC(=O)CCN(c2ccc(Br)cc2Cl)C1=O. The minimum atomic E-state index is -0.486. The van der Waals surface area contributed by atoms with Crippen LogP contribution in [0.2, 0.25) is 5.02 Å². The molecule has 1 unspecified atom stereocenters. The summed E-state index contributed by atoms with van der Waals surface area (Å²) in [5, 5.41) is 3.30. The number of rotatable bonds is 3. The Morgan fingerprint density at radius 1 is 1.43 bits per heavy atom. The van der Waals surface area contributed by atoms with Gasteiger partial charge in [-0.3, -0.25) is 9.59 Å². The monoisotopic (exact) mass is 372 g/mol. The van der Waals surface area contributed by atoms with Crippen molar-refractivity contribution < 1.29 is 9.59 Å². The van der Waals surface area contributed by atoms with Crippen LogP contribution in [0.3, 0.4) is 0 Å². The van der Waals surface area contributed by atoms with Crippen molar-refractivity contribution >= 4 is 45.0 Å². The maximum atomic E-state index is 12.7. The van der Waals surface area contributed by atoms with E-state index in [9.17, 15) is 9.59 Å². The first-order valence-electron chi connectivity index (χ1n) is 6.94. The fourth-order valence-corrected chi connectivity index (χ4v) is 3.19. The molecule has 1 aliphatic heterocycles. The summed E-state index contributed by atoms with van der Waals surface area (Å²) in [4.78, 5) is 26.1. The summed E-state index contributed by atoms with van der Waals surface area (Å²) in [7, 11) is 0. The normalized spacial score (nSPS) is 19.7. The van der Waals surface area contributed by atoms with Crippen LogP contribution in [0.4, 0.5) is 5.69 Å². The van der Waals surface area contributed by atoms with Crippen molar-refractivity contribution in [2.75, 3.05) is 11.4 Å². The van der Waals surface area contributed by atoms with Gasteiger partial charge in [-0.15, -0.1) is 0 Å². The van der Waals surface area contributed by atoms with Crippen molar-refractivity contribution in [2.24, 2.45) is 5.92 Å². The number of carbonyl (C=O) groups excluding carboxylic acids is 2. The molecule has 114 valence electrons. The molecule has 6 heteroatoms. The van der Waals surface area contributed by atoms with Gasteiger partial charge < -0.3 is 10.2 Å². The van der Waals surface area contributed by atoms with Gasteiger partial charge in [0.25, 0.3) is 0 Å². The van der Waals surface area contributed by atoms with Crippen LogP contribution in [0.1, 0.15) is 26.7 Å². The van der Waals surface area contributed by atoms with Gasteiger partial charge >= 0.3 is 0 Å². The zero-order valence-electron chi connectivity index (χ0n) is 12.0. The van der Waals surface area contributed by atoms with Crippen LogP contribution in [0.25, 0.3) is 0 Å². The lowest BCUT2D eigenvalue weighted by atomic mass is 10.0. The maximum absolute atomic E-state index is 12.7. The molecule has 21 heavy (non-hydrogen) atoms. The van der Waals surface area contributed by atoms with Crippen molar-refractivity contribution in [1.29, 1.82) is 0 Å². The third kappa shape index (κ3) is 3.98. The number of benzene rings is 1. The number of carbonyl (C=O) groups is 2. The Bertz CT molecular complexity index is 563. The molecule has 2 amide bonds. The Labute approximate surface area is 138 Å². The molecular formula is C15H18BrClN2O2. The third-order valence-electron chi connectivity index (χ3n) is 3.37. The van der Waals surface area contributed by atoms with E-state index in [0.29, 0.717) is 29.6 Å². The molecule has 1 atom stereocenters. The van der Waals surface area contributed by atoms with Crippen LogP contribution in [-0.4, -0.2) is 24.4 Å². The summed E-state index contributed by atoms with van der Waals surface area (Å²) in [6.07, 6.45) is 0.905. The molecule has 0 saturated carbocycles. The fraction of sp³-hybridized carbons (Fsp3) is 0.467. The Kier molecular flexibility index (Phi) is 5.27. The van der Waals surface area contributed by atoms with E-state index < -0.39 is 6.04 Å². The van der Waals surface area contributed by atoms with E-state index in [1.54, 1.807) is 17.0 Å². The summed E-state index contributed by atoms with van der Waals surface area (Å²) < 4.78 is 0.853. The standard InChI is InChI=1S/C15H18BrClN2O2/c1-9(2)7-12-15(21)19(6-5-14(20)18-12)13-4-3-10(16)8-11(13)17/h3-4,8-9,12H,5-7H2,1-2H3,(H,18,20). The van der Waals surface area contributed by atoms with Crippen LogP contribution in [0.15, 0.2) is 22.7 Å². The third-order valence-corrected chi connectivity index (χ3v) is 4.17. The summed E-state index contributed by atoms with van der Waals surface area (Å²) >= 11 is 9.59. The van der Waals surface area contributed by atoms with E-state index >= 15 is 0 Å². The van der Waals surface area contributed by atoms with E-state index in [0.717, 1.165) is 4.47 Å². The topological polar surface area (TPSA) is 49.4 Å². The van der Waals surface area contributed by atoms with Crippen LogP contribution in [0, 0.1) is 5.92 Å². The van der Waals surface area contributed by atoms with E-state index in [-0.39, 0.29) is 18.2 Å². The van der Waals surface area contributed by atoms with Gasteiger partial charge in [-0.2, -0.15) is 0 Å². The minimum absolute atomic E-state index is 0.0928. The lowest BCUT2D eigenvalue weighted by Crippen LogP contribution is -2.45. The lowest BCUT2D eigenvalue weighted by Gasteiger charge is -2.25. The molecule has 2 rings (SSSR count). The molecule has 0 bridgehead atoms. The second-order valence-electron chi connectivity index (χ2n) is 5.59. The predicted molar refractivity (Wildman–Crippen MR) is 87.5 cm³/mol. The largest absolute Gasteiger partial charge is 0.344 e. The number of nitrogens with zero attached hydrogens (tertiary/aromatic N) is 1. The fourth-order valence-electron chi connectivity index (χ4n) is 2.41. The first kappa shape index (κ1) is 16.3. The number of hydrogen-bond donors (Lipinski definition) is 1. The van der Waals surface area contributed by atoms with Gasteiger partial charge in [-0.05, 0) is 30.5 Å². The van der Waals surface area contributed by atoms with Gasteiger partial charge in [-0.25, -0.2) is 0 Å². The molecule has 1 aromatic rings. The van der Waals surface area contributed by atoms with Crippen LogP contribution < -0.4 is 10.2 Å². The van der Waals surface area contributed by atoms with Crippen LogP contribution in [0.5, 0.6) is 0 Å². The molecule has 1 fully saturated rings. The van der Waals surface area contributed by atoms with Crippen molar-refractivity contribution in [3.8, 4) is 0 Å². The number of hydrogen-bond acceptors (Lipinski definition) is 2. The average molecular weight is 374 g/mol. The second kappa shape index (κ2) is 6.79. The van der Waals surface area contributed by atoms with E-state index in [4.69, 9.17) is 11.6 Å². The lowest BCUT2D eigenvalue weighted by molar-refractivity contribution is -0.125. The molecule has 0 aromatic heterocycles. The minimum Gasteiger partial charge on any atom is -0.344 e. The van der Waals surface area contributed by atoms with Gasteiger partial charge in [0, 0.05) is 17.4 Å². The quantitative estimate of drug-likeness (QED) is 0.883. The first-order valence-corrected chi connectivity index (χ1v) is 8.11. The highest BCUT2D eigenvalue weighted by atomic mass is 79.9. The number of anilines is 1. The Morgan fingerprint density at radius 3 is 2.76 bits per heavy atom. The summed E-state index contributed by atoms with van der Waals surface area (Å²) in [6, 6.07) is 4.90. The van der Waals surface area contributed by atoms with E-state index in [2.05, 4.69) is 21.2 Å². The highest BCUT2D eigenvalue weighted by Crippen LogP contribution is 2.30. The molecular weight excluding hydrogens is 356 g/mol. The highest BCUT2D eigenvalue weighted by Gasteiger charge is 2.31. The maximum Gasteiger partial charge on any atom is 0.249 e. The molecule has 0 radical (unpaired) electrons. The van der Waals surface area contributed by atoms with Gasteiger partial charge in [0.05, 0.1) is 10.7 Å². The average Bonchev–Trinajstić information content (AvgIpc) is 2.51. The van der Waals surface area contributed by atoms with E-state index in [1.807, 2.05) is 19.9 Å². The Morgan fingerprint density at radius 2 is 2.14 bits per heavy atom. The summed E-state index contributed by atoms with van der Waals surface area (Å²) in [5.74, 6) is 0.128. The van der Waals surface area contributed by atoms with E-state index in [1.165, 1.54) is 0 Å². The number of halogens is 2. The second-order valence-corrected chi connectivity index (χ2v) is 6.91. The van der Waals surface area contributed by atoms with Crippen LogP contribution >= 0.6 is 27.5 Å². The molecule has 1 heterocycles. The molecule has 0 spiro atoms. The Hall–Kier alpha value is -1.07. The number of amides is 2. The zero-order valence-corrected chi connectivity index (χ0v) is 14.4. The van der Waals surface area contributed by atoms with Gasteiger partial charge in [0.1, 0.15) is 6.04 Å². The number of nitrogens with one attached hydrogen (secondary N) is 1. The molecule has 1 saturated heterocycles. The molecule has 1 aromatic carbocycles. The molecule has 1 N–H and O–H groups in total. The zero-order chi connectivity index (χ0) is 15.6. The molecule has 0 aliphatic carbocycles. The van der Waals surface area contributed by atoms with Crippen LogP contribution in [-0.2, 0) is 9.59 Å². The first-order chi connectivity index (χ1) is 9.88. The van der Waals surface area contributed by atoms with Crippen molar-refractivity contribution in [1.82, 2.24) is 5.32 Å². The molecule has 1 aliphatic rings. The van der Waals surface area contributed by atoms with Crippen molar-refractivity contribution in [3.05, 3.63) is 27.7 Å². The molecule has 4 nitrogen and oxygen atoms in total. The Balaban J connectivity index is 2.32. The summed E-state index contributed by atoms with van der Waals surface area (Å²) in [6.45, 7) is 4.41. The van der Waals surface area contributed by atoms with Gasteiger partial charge in [0.2, 0.25) is 11.8 Å². The van der Waals surface area contributed by atoms with Crippen molar-refractivity contribution in [2.45, 2.75) is 32.7 Å². The predicted octanol–water partition coefficient (Wildman–Crippen LogP) is 3.37. The summed E-state index contributed by atoms with van der Waals surface area (Å²) in [5.41, 5.74) is 0.648. The highest BCUT2D eigenvalue weighted by molar-refractivity contribution is 9.10. The van der Waals surface area contributed by atoms with Gasteiger partial charge in [0.15, 0.2) is 0 Å².